The summed E-state index contributed by atoms with van der Waals surface area (Å²) in [5, 5.41) is 12.1. The van der Waals surface area contributed by atoms with Gasteiger partial charge in [-0.2, -0.15) is 0 Å². The molecule has 5 heteroatoms. The van der Waals surface area contributed by atoms with Gasteiger partial charge in [0.15, 0.2) is 0 Å². The smallest absolute Gasteiger partial charge is 0.336 e. The second-order valence-corrected chi connectivity index (χ2v) is 5.88. The SMILES string of the molecule is CCOC1(C(=O)Nc2cc(C(=O)O)c(C)cc2C)CCCC1. The number of ether oxygens (including phenoxy) is 1. The lowest BCUT2D eigenvalue weighted by Gasteiger charge is -2.28. The summed E-state index contributed by atoms with van der Waals surface area (Å²) in [5.74, 6) is -1.16. The largest absolute Gasteiger partial charge is 0.478 e. The number of aromatic carboxylic acids is 1. The van der Waals surface area contributed by atoms with E-state index in [-0.39, 0.29) is 11.5 Å². The van der Waals surface area contributed by atoms with E-state index in [2.05, 4.69) is 5.32 Å². The molecule has 2 N–H and O–H groups in total. The van der Waals surface area contributed by atoms with Gasteiger partial charge in [0, 0.05) is 12.3 Å². The minimum atomic E-state index is -0.992. The van der Waals surface area contributed by atoms with Gasteiger partial charge in [0.25, 0.3) is 5.91 Å². The van der Waals surface area contributed by atoms with E-state index in [1.54, 1.807) is 13.0 Å². The minimum Gasteiger partial charge on any atom is -0.478 e. The summed E-state index contributed by atoms with van der Waals surface area (Å²) in [6.45, 7) is 5.98. The number of carboxylic acid groups (broad SMARTS) is 1. The molecule has 0 heterocycles. The Morgan fingerprint density at radius 3 is 2.41 bits per heavy atom. The lowest BCUT2D eigenvalue weighted by atomic mass is 9.99. The van der Waals surface area contributed by atoms with Crippen molar-refractivity contribution in [3.63, 3.8) is 0 Å². The van der Waals surface area contributed by atoms with Crippen LogP contribution >= 0.6 is 0 Å². The fourth-order valence-corrected chi connectivity index (χ4v) is 3.11. The summed E-state index contributed by atoms with van der Waals surface area (Å²) in [6.07, 6.45) is 3.37. The summed E-state index contributed by atoms with van der Waals surface area (Å²) in [5.41, 5.74) is 1.51. The molecule has 0 atom stereocenters. The van der Waals surface area contributed by atoms with E-state index in [0.717, 1.165) is 18.4 Å². The number of rotatable bonds is 5. The number of carboxylic acids is 1. The van der Waals surface area contributed by atoms with E-state index >= 15 is 0 Å². The number of aryl methyl sites for hydroxylation is 2. The third-order valence-corrected chi connectivity index (χ3v) is 4.30. The Bertz CT molecular complexity index is 589. The molecule has 1 fully saturated rings. The zero-order chi connectivity index (χ0) is 16.3. The van der Waals surface area contributed by atoms with Gasteiger partial charge in [-0.3, -0.25) is 4.79 Å². The summed E-state index contributed by atoms with van der Waals surface area (Å²) in [7, 11) is 0. The van der Waals surface area contributed by atoms with E-state index in [0.29, 0.717) is 30.7 Å². The topological polar surface area (TPSA) is 75.6 Å². The number of carbonyl (C=O) groups excluding carboxylic acids is 1. The molecule has 1 saturated carbocycles. The molecule has 0 aromatic heterocycles. The fraction of sp³-hybridized carbons (Fsp3) is 0.529. The Morgan fingerprint density at radius 2 is 1.86 bits per heavy atom. The summed E-state index contributed by atoms with van der Waals surface area (Å²) in [4.78, 5) is 23.9. The Hall–Kier alpha value is -1.88. The second-order valence-electron chi connectivity index (χ2n) is 5.88. The summed E-state index contributed by atoms with van der Waals surface area (Å²) in [6, 6.07) is 3.31. The zero-order valence-corrected chi connectivity index (χ0v) is 13.4. The first-order valence-electron chi connectivity index (χ1n) is 7.69. The van der Waals surface area contributed by atoms with E-state index < -0.39 is 11.6 Å². The molecule has 1 amide bonds. The molecule has 1 aliphatic carbocycles. The van der Waals surface area contributed by atoms with Gasteiger partial charge in [0.2, 0.25) is 0 Å². The number of hydrogen-bond donors (Lipinski definition) is 2. The fourth-order valence-electron chi connectivity index (χ4n) is 3.11. The molecule has 22 heavy (non-hydrogen) atoms. The quantitative estimate of drug-likeness (QED) is 0.875. The first-order chi connectivity index (χ1) is 10.4. The van der Waals surface area contributed by atoms with Crippen molar-refractivity contribution in [3.8, 4) is 0 Å². The number of amides is 1. The highest BCUT2D eigenvalue weighted by molar-refractivity contribution is 5.99. The lowest BCUT2D eigenvalue weighted by molar-refractivity contribution is -0.140. The molecule has 2 rings (SSSR count). The molecule has 0 saturated heterocycles. The molecule has 5 nitrogen and oxygen atoms in total. The highest BCUT2D eigenvalue weighted by atomic mass is 16.5. The van der Waals surface area contributed by atoms with Crippen LogP contribution in [0.25, 0.3) is 0 Å². The average molecular weight is 305 g/mol. The molecule has 0 radical (unpaired) electrons. The van der Waals surface area contributed by atoms with E-state index in [1.165, 1.54) is 6.07 Å². The van der Waals surface area contributed by atoms with Crippen LogP contribution in [0.1, 0.15) is 54.1 Å². The third-order valence-electron chi connectivity index (χ3n) is 4.30. The number of anilines is 1. The van der Waals surface area contributed by atoms with Crippen molar-refractivity contribution < 1.29 is 19.4 Å². The summed E-state index contributed by atoms with van der Waals surface area (Å²) < 4.78 is 5.74. The van der Waals surface area contributed by atoms with Crippen molar-refractivity contribution in [2.75, 3.05) is 11.9 Å². The number of hydrogen-bond acceptors (Lipinski definition) is 3. The van der Waals surface area contributed by atoms with Crippen LogP contribution in [0.15, 0.2) is 12.1 Å². The van der Waals surface area contributed by atoms with Gasteiger partial charge in [0.1, 0.15) is 5.60 Å². The molecular formula is C17H23NO4. The van der Waals surface area contributed by atoms with E-state index in [1.807, 2.05) is 13.8 Å². The minimum absolute atomic E-state index is 0.171. The molecule has 1 aromatic rings. The maximum atomic E-state index is 12.7. The zero-order valence-electron chi connectivity index (χ0n) is 13.4. The van der Waals surface area contributed by atoms with Crippen molar-refractivity contribution in [1.29, 1.82) is 0 Å². The highest BCUT2D eigenvalue weighted by Gasteiger charge is 2.42. The number of nitrogens with one attached hydrogen (secondary N) is 1. The standard InChI is InChI=1S/C17H23NO4/c1-4-22-17(7-5-6-8-17)16(21)18-14-10-13(15(19)20)11(2)9-12(14)3/h9-10H,4-8H2,1-3H3,(H,18,21)(H,19,20). The van der Waals surface area contributed by atoms with Gasteiger partial charge in [0.05, 0.1) is 5.56 Å². The van der Waals surface area contributed by atoms with Gasteiger partial charge >= 0.3 is 5.97 Å². The van der Waals surface area contributed by atoms with Crippen LogP contribution in [0.5, 0.6) is 0 Å². The molecule has 0 bridgehead atoms. The monoisotopic (exact) mass is 305 g/mol. The van der Waals surface area contributed by atoms with Gasteiger partial charge in [-0.1, -0.05) is 6.07 Å². The molecule has 0 unspecified atom stereocenters. The Morgan fingerprint density at radius 1 is 1.23 bits per heavy atom. The maximum Gasteiger partial charge on any atom is 0.336 e. The average Bonchev–Trinajstić information content (AvgIpc) is 2.91. The van der Waals surface area contributed by atoms with Crippen LogP contribution in [-0.2, 0) is 9.53 Å². The molecule has 1 aromatic carbocycles. The maximum absolute atomic E-state index is 12.7. The van der Waals surface area contributed by atoms with Crippen LogP contribution < -0.4 is 5.32 Å². The van der Waals surface area contributed by atoms with Crippen LogP contribution in [0.4, 0.5) is 5.69 Å². The predicted molar refractivity (Wildman–Crippen MR) is 84.3 cm³/mol. The molecule has 0 aliphatic heterocycles. The van der Waals surface area contributed by atoms with Crippen LogP contribution in [-0.4, -0.2) is 29.2 Å². The third kappa shape index (κ3) is 3.14. The molecule has 120 valence electrons. The van der Waals surface area contributed by atoms with Crippen molar-refractivity contribution in [1.82, 2.24) is 0 Å². The first kappa shape index (κ1) is 16.5. The molecule has 1 aliphatic rings. The van der Waals surface area contributed by atoms with Crippen LogP contribution in [0.3, 0.4) is 0 Å². The Labute approximate surface area is 130 Å². The highest BCUT2D eigenvalue weighted by Crippen LogP contribution is 2.35. The van der Waals surface area contributed by atoms with Crippen molar-refractivity contribution >= 4 is 17.6 Å². The molecular weight excluding hydrogens is 282 g/mol. The van der Waals surface area contributed by atoms with Gasteiger partial charge in [-0.25, -0.2) is 4.79 Å². The second kappa shape index (κ2) is 6.48. The van der Waals surface area contributed by atoms with Crippen molar-refractivity contribution in [2.24, 2.45) is 0 Å². The predicted octanol–water partition coefficient (Wildman–Crippen LogP) is 3.29. The van der Waals surface area contributed by atoms with Gasteiger partial charge in [-0.15, -0.1) is 0 Å². The van der Waals surface area contributed by atoms with E-state index in [9.17, 15) is 14.7 Å². The van der Waals surface area contributed by atoms with Crippen molar-refractivity contribution in [2.45, 2.75) is 52.1 Å². The number of benzene rings is 1. The van der Waals surface area contributed by atoms with Crippen LogP contribution in [0.2, 0.25) is 0 Å². The summed E-state index contributed by atoms with van der Waals surface area (Å²) >= 11 is 0. The first-order valence-corrected chi connectivity index (χ1v) is 7.69. The lowest BCUT2D eigenvalue weighted by Crippen LogP contribution is -2.43. The Balaban J connectivity index is 2.28. The van der Waals surface area contributed by atoms with Crippen LogP contribution in [0, 0.1) is 13.8 Å². The van der Waals surface area contributed by atoms with Gasteiger partial charge < -0.3 is 15.2 Å². The Kier molecular flexibility index (Phi) is 4.86. The normalized spacial score (nSPS) is 16.5. The van der Waals surface area contributed by atoms with E-state index in [4.69, 9.17) is 4.74 Å². The van der Waals surface area contributed by atoms with Gasteiger partial charge in [-0.05, 0) is 63.6 Å². The number of carbonyl (C=O) groups is 2. The van der Waals surface area contributed by atoms with Crippen molar-refractivity contribution in [3.05, 3.63) is 28.8 Å². The molecule has 0 spiro atoms.